The van der Waals surface area contributed by atoms with Crippen molar-refractivity contribution in [3.8, 4) is 0 Å². The van der Waals surface area contributed by atoms with Gasteiger partial charge in [0.05, 0.1) is 25.5 Å². The Kier molecular flexibility index (Phi) is 34.3. The quantitative estimate of drug-likeness (QED) is 0.114. The fraction of sp³-hybridized carbons (Fsp3) is 0.817. The molecule has 3 aliphatic rings. The lowest BCUT2D eigenvalue weighted by Gasteiger charge is -2.50. The Balaban J connectivity index is 1.87. The first-order valence-corrected chi connectivity index (χ1v) is 36.5. The Morgan fingerprint density at radius 3 is 1.61 bits per heavy atom. The molecular weight excluding hydrogens is 1290 g/mol. The first-order chi connectivity index (χ1) is 46.9. The number of carbonyl (C=O) groups excluding carboxylic acids is 11. The molecule has 1 aromatic heterocycles. The number of likely N-dealkylation sites (N-methyl/N-ethyl adjacent to an activating group) is 6. The fourth-order valence-corrected chi connectivity index (χ4v) is 13.4. The van der Waals surface area contributed by atoms with E-state index in [1.807, 2.05) is 48.5 Å². The van der Waals surface area contributed by atoms with Crippen LogP contribution in [0.1, 0.15) is 175 Å². The highest BCUT2D eigenvalue weighted by Gasteiger charge is 2.55. The summed E-state index contributed by atoms with van der Waals surface area (Å²) in [5, 5.41) is 20.2. The van der Waals surface area contributed by atoms with E-state index in [0.29, 0.717) is 32.6 Å². The second kappa shape index (κ2) is 40.1. The van der Waals surface area contributed by atoms with E-state index < -0.39 is 155 Å². The second-order valence-corrected chi connectivity index (χ2v) is 30.0. The van der Waals surface area contributed by atoms with E-state index in [4.69, 9.17) is 14.3 Å². The Morgan fingerprint density at radius 2 is 1.06 bits per heavy atom. The molecule has 3 aliphatic heterocycles. The van der Waals surface area contributed by atoms with Crippen LogP contribution in [0.15, 0.2) is 12.4 Å². The van der Waals surface area contributed by atoms with Crippen molar-refractivity contribution in [2.75, 3.05) is 81.7 Å². The number of aryl methyl sites for hydroxylation is 1. The van der Waals surface area contributed by atoms with Crippen molar-refractivity contribution in [2.24, 2.45) is 35.5 Å². The number of carbonyl (C=O) groups is 11. The molecule has 29 nitrogen and oxygen atoms in total. The van der Waals surface area contributed by atoms with E-state index in [0.717, 1.165) is 50.4 Å². The van der Waals surface area contributed by atoms with Crippen molar-refractivity contribution < 1.29 is 67.1 Å². The molecule has 29 heteroatoms. The highest BCUT2D eigenvalue weighted by atomic mass is 16.7. The van der Waals surface area contributed by atoms with Crippen molar-refractivity contribution in [1.29, 1.82) is 0 Å². The van der Waals surface area contributed by atoms with Crippen LogP contribution < -0.4 is 21.3 Å². The Bertz CT molecular complexity index is 2850. The maximum Gasteiger partial charge on any atom is 0.270 e. The van der Waals surface area contributed by atoms with Gasteiger partial charge >= 0.3 is 0 Å². The van der Waals surface area contributed by atoms with E-state index in [-0.39, 0.29) is 56.0 Å². The zero-order valence-corrected chi connectivity index (χ0v) is 64.3. The summed E-state index contributed by atoms with van der Waals surface area (Å²) >= 11 is 0. The molecule has 3 saturated heterocycles. The van der Waals surface area contributed by atoms with Gasteiger partial charge in [-0.05, 0) is 121 Å². The van der Waals surface area contributed by atoms with Gasteiger partial charge in [0.25, 0.3) is 5.91 Å². The van der Waals surface area contributed by atoms with Crippen LogP contribution in [0.25, 0.3) is 0 Å². The van der Waals surface area contributed by atoms with Crippen LogP contribution in [0.2, 0.25) is 0 Å². The molecule has 0 bridgehead atoms. The first kappa shape index (κ1) is 85.6. The van der Waals surface area contributed by atoms with Gasteiger partial charge in [0.15, 0.2) is 6.04 Å². The summed E-state index contributed by atoms with van der Waals surface area (Å²) in [6.45, 7) is 32.5. The third-order valence-electron chi connectivity index (χ3n) is 19.8. The number of hydroxylamine groups is 2. The summed E-state index contributed by atoms with van der Waals surface area (Å²) in [4.78, 5) is 180. The van der Waals surface area contributed by atoms with Crippen molar-refractivity contribution in [2.45, 2.75) is 260 Å². The van der Waals surface area contributed by atoms with E-state index in [9.17, 15) is 24.0 Å². The van der Waals surface area contributed by atoms with Crippen LogP contribution >= 0.6 is 0 Å². The van der Waals surface area contributed by atoms with Crippen LogP contribution in [0, 0.1) is 35.5 Å². The van der Waals surface area contributed by atoms with Crippen molar-refractivity contribution in [3.63, 3.8) is 0 Å². The van der Waals surface area contributed by atoms with E-state index in [1.54, 1.807) is 58.6 Å². The number of aromatic nitrogens is 3. The number of ether oxygens (including phenoxy) is 2. The molecule has 11 amide bonds. The maximum absolute atomic E-state index is 15.4. The van der Waals surface area contributed by atoms with Crippen molar-refractivity contribution in [1.82, 2.24) is 75.6 Å². The van der Waals surface area contributed by atoms with Crippen LogP contribution in [-0.2, 0) is 73.6 Å². The molecule has 100 heavy (non-hydrogen) atoms. The van der Waals surface area contributed by atoms with Crippen molar-refractivity contribution in [3.05, 3.63) is 12.4 Å². The molecule has 0 spiro atoms. The summed E-state index contributed by atoms with van der Waals surface area (Å²) in [6, 6.07) is -13.6. The molecule has 0 aliphatic carbocycles. The van der Waals surface area contributed by atoms with Crippen molar-refractivity contribution >= 4 is 65.0 Å². The van der Waals surface area contributed by atoms with Gasteiger partial charge in [-0.25, -0.2) is 5.06 Å². The first-order valence-electron chi connectivity index (χ1n) is 36.5. The minimum Gasteiger partial charge on any atom is -0.379 e. The molecular formula is C71H125N15O14. The molecule has 0 aromatic carbocycles. The second-order valence-electron chi connectivity index (χ2n) is 30.0. The highest BCUT2D eigenvalue weighted by Crippen LogP contribution is 2.34. The zero-order chi connectivity index (χ0) is 75.3. The van der Waals surface area contributed by atoms with Crippen LogP contribution in [0.3, 0.4) is 0 Å². The lowest BCUT2D eigenvalue weighted by atomic mass is 9.88. The summed E-state index contributed by atoms with van der Waals surface area (Å²) in [5.74, 6) is -9.31. The number of morpholine rings is 1. The largest absolute Gasteiger partial charge is 0.379 e. The fourth-order valence-electron chi connectivity index (χ4n) is 13.4. The van der Waals surface area contributed by atoms with Gasteiger partial charge < -0.3 is 60.1 Å². The number of hydrogen-bond acceptors (Lipinski definition) is 17. The summed E-state index contributed by atoms with van der Waals surface area (Å²) in [7, 11) is 8.68. The highest BCUT2D eigenvalue weighted by molar-refractivity contribution is 6.00. The number of nitrogens with one attached hydrogen (secondary N) is 4. The topological polar surface area (TPSA) is 320 Å². The number of fused-ring (bicyclic) bond motifs is 1. The van der Waals surface area contributed by atoms with E-state index in [2.05, 4.69) is 36.5 Å². The number of hydrogen-bond donors (Lipinski definition) is 4. The molecule has 0 radical (unpaired) electrons. The molecule has 4 N–H and O–H groups in total. The van der Waals surface area contributed by atoms with Crippen LogP contribution in [-0.4, -0.2) is 280 Å². The van der Waals surface area contributed by atoms with Gasteiger partial charge in [0.1, 0.15) is 66.5 Å². The van der Waals surface area contributed by atoms with E-state index >= 15 is 28.8 Å². The van der Waals surface area contributed by atoms with Gasteiger partial charge in [-0.15, -0.1) is 5.10 Å². The third kappa shape index (κ3) is 23.3. The minimum absolute atomic E-state index is 0.0454. The normalized spacial score (nSPS) is 27.6. The number of unbranched alkanes of at least 4 members (excludes halogenated alkanes) is 3. The maximum atomic E-state index is 15.4. The molecule has 3 fully saturated rings. The molecule has 6 unspecified atom stereocenters. The average molecular weight is 1410 g/mol. The SMILES string of the molecule is CC[C@@H]1NC(=O)[C@@H]2[C@@H](C(C)CCCCCn3ccnn3)ON2C(=O)C(C(C)C)N(C)C(=O)[C@H](CC(C)C)N(C)C(=O)C(CC(C)C)N(C)C(=O)[C@@H](C)NC(=O)C(C)NC(=O)[C@H](CC(C)C)N(C)C(=O)C(C(C)C)NC(=O)C([C@@H](C)OCCCCN2CCOCC2)N(C)C(=O)[C@@H](C)N(C)C1=O. The molecule has 1 aromatic rings. The smallest absolute Gasteiger partial charge is 0.270 e. The minimum atomic E-state index is -1.39. The molecule has 4 rings (SSSR count). The molecule has 14 atom stereocenters. The van der Waals surface area contributed by atoms with Gasteiger partial charge in [0.2, 0.25) is 59.1 Å². The van der Waals surface area contributed by atoms with Gasteiger partial charge in [-0.2, -0.15) is 0 Å². The Hall–Kier alpha value is -6.85. The third-order valence-corrected chi connectivity index (χ3v) is 19.8. The number of amides is 11. The van der Waals surface area contributed by atoms with E-state index in [1.165, 1.54) is 92.5 Å². The van der Waals surface area contributed by atoms with Gasteiger partial charge in [-0.3, -0.25) is 67.2 Å². The van der Waals surface area contributed by atoms with Gasteiger partial charge in [0, 0.05) is 74.7 Å². The predicted molar refractivity (Wildman–Crippen MR) is 377 cm³/mol. The van der Waals surface area contributed by atoms with Crippen LogP contribution in [0.5, 0.6) is 0 Å². The Labute approximate surface area is 595 Å². The van der Waals surface area contributed by atoms with Crippen LogP contribution in [0.4, 0.5) is 0 Å². The lowest BCUT2D eigenvalue weighted by molar-refractivity contribution is -0.322. The number of nitrogens with zero attached hydrogens (tertiary/aromatic N) is 11. The van der Waals surface area contributed by atoms with Gasteiger partial charge in [-0.1, -0.05) is 101 Å². The predicted octanol–water partition coefficient (Wildman–Crippen LogP) is 3.34. The standard InChI is InChI=1S/C71H125N15O14/c1-23-52-67(93)78(17)50(15)66(92)83(22)58(51(16)99-36-28-27-31-84-34-37-98-38-35-84)63(89)76-56(45(8)9)70(96)79(18)53(39-42(2)3)62(88)73-48(13)61(87)74-49(14)65(91)80(19)54(40-43(4)5)68(94)81(20)55(41-44(6)7)69(95)82(21)57(46(10)11)71(97)86-59(64(90)75-52)60(100-86)47(12)29-25-24-26-32-85-33-30-72-77-85/h30,33,42-60H,23-29,31-32,34-41H2,1-22H3,(H,73,88)(H,74,87)(H,75,90)(H,76,89)/t47?,48?,49-,50-,51-,52+,53+,54?,55+,56?,57?,58?,59+,60-/m1/s1. The Morgan fingerprint density at radius 1 is 0.520 bits per heavy atom. The summed E-state index contributed by atoms with van der Waals surface area (Å²) < 4.78 is 13.6. The zero-order valence-electron chi connectivity index (χ0n) is 64.3. The summed E-state index contributed by atoms with van der Waals surface area (Å²) in [5.41, 5.74) is 0. The molecule has 0 saturated carbocycles. The average Bonchev–Trinajstić information content (AvgIpc) is 0.837. The molecule has 4 heterocycles. The monoisotopic (exact) mass is 1410 g/mol. The number of rotatable bonds is 23. The summed E-state index contributed by atoms with van der Waals surface area (Å²) in [6.07, 6.45) is 6.39. The molecule has 568 valence electrons. The lowest BCUT2D eigenvalue weighted by Crippen LogP contribution is -2.72.